The Morgan fingerprint density at radius 3 is 2.60 bits per heavy atom. The molecule has 0 spiro atoms. The summed E-state index contributed by atoms with van der Waals surface area (Å²) in [7, 11) is 1.52. The first kappa shape index (κ1) is 11.7. The largest absolute Gasteiger partial charge is 0.399 e. The zero-order chi connectivity index (χ0) is 11.1. The third-order valence-corrected chi connectivity index (χ3v) is 2.21. The number of benzene rings is 1. The van der Waals surface area contributed by atoms with E-state index < -0.39 is 0 Å². The van der Waals surface area contributed by atoms with E-state index in [-0.39, 0.29) is 6.10 Å². The quantitative estimate of drug-likeness (QED) is 0.594. The molecule has 0 saturated heterocycles. The van der Waals surface area contributed by atoms with Gasteiger partial charge in [-0.3, -0.25) is 0 Å². The van der Waals surface area contributed by atoms with Crippen LogP contribution >= 0.6 is 0 Å². The van der Waals surface area contributed by atoms with Crippen molar-refractivity contribution < 1.29 is 9.94 Å². The number of oxime groups is 1. The van der Waals surface area contributed by atoms with Crippen molar-refractivity contribution in [2.24, 2.45) is 5.16 Å². The molecular formula is C12H17NO2. The highest BCUT2D eigenvalue weighted by atomic mass is 16.6. The van der Waals surface area contributed by atoms with E-state index in [1.807, 2.05) is 37.3 Å². The summed E-state index contributed by atoms with van der Waals surface area (Å²) in [5, 5.41) is 13.5. The third-order valence-electron chi connectivity index (χ3n) is 2.21. The summed E-state index contributed by atoms with van der Waals surface area (Å²) in [5.41, 5.74) is 1.78. The Bertz CT molecular complexity index is 309. The molecule has 1 unspecified atom stereocenters. The lowest BCUT2D eigenvalue weighted by Gasteiger charge is -2.09. The van der Waals surface area contributed by atoms with Crippen molar-refractivity contribution >= 4 is 5.71 Å². The van der Waals surface area contributed by atoms with Crippen molar-refractivity contribution in [1.29, 1.82) is 0 Å². The van der Waals surface area contributed by atoms with Gasteiger partial charge in [-0.15, -0.1) is 0 Å². The van der Waals surface area contributed by atoms with Crippen molar-refractivity contribution in [1.82, 2.24) is 0 Å². The van der Waals surface area contributed by atoms with Gasteiger partial charge in [0.2, 0.25) is 0 Å². The fourth-order valence-corrected chi connectivity index (χ4v) is 1.32. The van der Waals surface area contributed by atoms with Gasteiger partial charge >= 0.3 is 0 Å². The molecule has 1 atom stereocenters. The van der Waals surface area contributed by atoms with Crippen molar-refractivity contribution in [3.63, 3.8) is 0 Å². The molecule has 82 valence electrons. The van der Waals surface area contributed by atoms with Gasteiger partial charge in [-0.1, -0.05) is 42.4 Å². The first-order chi connectivity index (χ1) is 7.27. The lowest BCUT2D eigenvalue weighted by Crippen LogP contribution is -2.13. The lowest BCUT2D eigenvalue weighted by molar-refractivity contribution is 0.173. The van der Waals surface area contributed by atoms with Crippen LogP contribution < -0.4 is 0 Å². The number of hydrogen-bond acceptors (Lipinski definition) is 3. The summed E-state index contributed by atoms with van der Waals surface area (Å²) in [4.78, 5) is 4.78. The Balaban J connectivity index is 2.80. The van der Waals surface area contributed by atoms with Gasteiger partial charge in [0.15, 0.2) is 0 Å². The van der Waals surface area contributed by atoms with Crippen LogP contribution in [0.5, 0.6) is 0 Å². The van der Waals surface area contributed by atoms with Crippen molar-refractivity contribution in [2.75, 3.05) is 7.11 Å². The third kappa shape index (κ3) is 3.72. The number of rotatable bonds is 5. The second-order valence-electron chi connectivity index (χ2n) is 3.35. The van der Waals surface area contributed by atoms with E-state index in [0.29, 0.717) is 6.42 Å². The highest BCUT2D eigenvalue weighted by molar-refractivity contribution is 6.00. The zero-order valence-corrected chi connectivity index (χ0v) is 9.18. The number of nitrogens with zero attached hydrogens (tertiary/aromatic N) is 1. The van der Waals surface area contributed by atoms with E-state index in [0.717, 1.165) is 17.7 Å². The fourth-order valence-electron chi connectivity index (χ4n) is 1.32. The molecule has 0 aromatic heterocycles. The summed E-state index contributed by atoms with van der Waals surface area (Å²) < 4.78 is 0. The molecule has 1 rings (SSSR count). The van der Waals surface area contributed by atoms with Crippen LogP contribution in [0.1, 0.15) is 25.3 Å². The minimum absolute atomic E-state index is 0.362. The highest BCUT2D eigenvalue weighted by Gasteiger charge is 2.09. The van der Waals surface area contributed by atoms with Crippen molar-refractivity contribution in [3.05, 3.63) is 35.9 Å². The van der Waals surface area contributed by atoms with Gasteiger partial charge in [-0.2, -0.15) is 0 Å². The normalized spacial score (nSPS) is 13.7. The number of aliphatic hydroxyl groups excluding tert-OH is 1. The maximum absolute atomic E-state index is 9.58. The van der Waals surface area contributed by atoms with Crippen LogP contribution in [0.25, 0.3) is 0 Å². The molecule has 0 aliphatic heterocycles. The van der Waals surface area contributed by atoms with Crippen LogP contribution in [0.2, 0.25) is 0 Å². The van der Waals surface area contributed by atoms with Crippen LogP contribution in [0.3, 0.4) is 0 Å². The number of hydrogen-bond donors (Lipinski definition) is 1. The van der Waals surface area contributed by atoms with E-state index in [4.69, 9.17) is 4.84 Å². The van der Waals surface area contributed by atoms with Gasteiger partial charge in [0.1, 0.15) is 7.11 Å². The molecule has 0 bridgehead atoms. The lowest BCUT2D eigenvalue weighted by atomic mass is 10.0. The fraction of sp³-hybridized carbons (Fsp3) is 0.417. The summed E-state index contributed by atoms with van der Waals surface area (Å²) in [6.07, 6.45) is 0.878. The molecule has 1 aromatic carbocycles. The topological polar surface area (TPSA) is 41.8 Å². The minimum atomic E-state index is -0.362. The molecule has 3 heteroatoms. The Morgan fingerprint density at radius 1 is 1.40 bits per heavy atom. The van der Waals surface area contributed by atoms with E-state index in [1.54, 1.807) is 0 Å². The molecule has 3 nitrogen and oxygen atoms in total. The molecule has 0 amide bonds. The maximum Gasteiger partial charge on any atom is 0.106 e. The summed E-state index contributed by atoms with van der Waals surface area (Å²) in [6.45, 7) is 1.94. The summed E-state index contributed by atoms with van der Waals surface area (Å²) in [6, 6.07) is 9.75. The van der Waals surface area contributed by atoms with Gasteiger partial charge in [-0.05, 0) is 12.0 Å². The number of aliphatic hydroxyl groups is 1. The van der Waals surface area contributed by atoms with Gasteiger partial charge in [0.25, 0.3) is 0 Å². The average molecular weight is 207 g/mol. The molecule has 15 heavy (non-hydrogen) atoms. The minimum Gasteiger partial charge on any atom is -0.399 e. The van der Waals surface area contributed by atoms with Gasteiger partial charge in [0.05, 0.1) is 11.8 Å². The first-order valence-electron chi connectivity index (χ1n) is 5.11. The average Bonchev–Trinajstić information content (AvgIpc) is 2.29. The van der Waals surface area contributed by atoms with Crippen molar-refractivity contribution in [3.8, 4) is 0 Å². The van der Waals surface area contributed by atoms with Gasteiger partial charge < -0.3 is 9.94 Å². The van der Waals surface area contributed by atoms with E-state index in [2.05, 4.69) is 5.16 Å². The van der Waals surface area contributed by atoms with Crippen LogP contribution in [-0.4, -0.2) is 24.0 Å². The molecule has 0 fully saturated rings. The summed E-state index contributed by atoms with van der Waals surface area (Å²) in [5.74, 6) is 0. The predicted molar refractivity (Wildman–Crippen MR) is 60.9 cm³/mol. The molecule has 0 heterocycles. The second kappa shape index (κ2) is 6.19. The van der Waals surface area contributed by atoms with E-state index in [1.165, 1.54) is 7.11 Å². The molecule has 0 aliphatic rings. The Labute approximate surface area is 90.4 Å². The van der Waals surface area contributed by atoms with Crippen LogP contribution in [0.15, 0.2) is 35.5 Å². The Morgan fingerprint density at radius 2 is 2.07 bits per heavy atom. The molecular weight excluding hydrogens is 190 g/mol. The van der Waals surface area contributed by atoms with Crippen LogP contribution in [0.4, 0.5) is 0 Å². The molecule has 0 saturated carbocycles. The van der Waals surface area contributed by atoms with Crippen LogP contribution in [-0.2, 0) is 4.84 Å². The second-order valence-corrected chi connectivity index (χ2v) is 3.35. The standard InChI is InChI=1S/C12H17NO2/c1-3-11(14)9-12(13-15-2)10-7-5-4-6-8-10/h4-8,11,14H,3,9H2,1-2H3/b13-12-. The van der Waals surface area contributed by atoms with Crippen LogP contribution in [0, 0.1) is 0 Å². The maximum atomic E-state index is 9.58. The Hall–Kier alpha value is -1.35. The molecule has 1 aromatic rings. The molecule has 0 aliphatic carbocycles. The first-order valence-corrected chi connectivity index (χ1v) is 5.11. The van der Waals surface area contributed by atoms with E-state index >= 15 is 0 Å². The Kier molecular flexibility index (Phi) is 4.84. The smallest absolute Gasteiger partial charge is 0.106 e. The predicted octanol–water partition coefficient (Wildman–Crippen LogP) is 2.20. The SMILES string of the molecule is CCC(O)C/C(=N/OC)c1ccccc1. The van der Waals surface area contributed by atoms with Crippen molar-refractivity contribution in [2.45, 2.75) is 25.9 Å². The highest BCUT2D eigenvalue weighted by Crippen LogP contribution is 2.09. The van der Waals surface area contributed by atoms with Gasteiger partial charge in [-0.25, -0.2) is 0 Å². The van der Waals surface area contributed by atoms with E-state index in [9.17, 15) is 5.11 Å². The molecule has 1 N–H and O–H groups in total. The molecule has 0 radical (unpaired) electrons. The zero-order valence-electron chi connectivity index (χ0n) is 9.18. The summed E-state index contributed by atoms with van der Waals surface area (Å²) >= 11 is 0. The van der Waals surface area contributed by atoms with Gasteiger partial charge in [0, 0.05) is 6.42 Å². The monoisotopic (exact) mass is 207 g/mol.